The summed E-state index contributed by atoms with van der Waals surface area (Å²) in [5.41, 5.74) is 1.46. The van der Waals surface area contributed by atoms with Gasteiger partial charge in [-0.2, -0.15) is 0 Å². The van der Waals surface area contributed by atoms with Crippen LogP contribution in [-0.4, -0.2) is 23.9 Å². The van der Waals surface area contributed by atoms with Crippen LogP contribution in [0.2, 0.25) is 0 Å². The molecule has 4 heteroatoms. The lowest BCUT2D eigenvalue weighted by Gasteiger charge is -2.52. The molecule has 1 aliphatic rings. The van der Waals surface area contributed by atoms with E-state index in [1.54, 1.807) is 12.1 Å². The van der Waals surface area contributed by atoms with Crippen molar-refractivity contribution in [2.24, 2.45) is 5.41 Å². The molecule has 2 unspecified atom stereocenters. The second kappa shape index (κ2) is 6.20. The van der Waals surface area contributed by atoms with E-state index in [2.05, 4.69) is 19.2 Å². The van der Waals surface area contributed by atoms with Gasteiger partial charge >= 0.3 is 0 Å². The quantitative estimate of drug-likeness (QED) is 0.842. The van der Waals surface area contributed by atoms with Crippen LogP contribution in [0.15, 0.2) is 18.2 Å². The van der Waals surface area contributed by atoms with Gasteiger partial charge in [0.05, 0.1) is 12.7 Å². The topological polar surface area (TPSA) is 41.5 Å². The summed E-state index contributed by atoms with van der Waals surface area (Å²) in [5.74, 6) is -0.350. The maximum atomic E-state index is 13.3. The molecule has 0 saturated heterocycles. The maximum absolute atomic E-state index is 13.3. The highest BCUT2D eigenvalue weighted by molar-refractivity contribution is 5.24. The lowest BCUT2D eigenvalue weighted by atomic mass is 9.64. The molecule has 20 heavy (non-hydrogen) atoms. The highest BCUT2D eigenvalue weighted by Crippen LogP contribution is 2.42. The van der Waals surface area contributed by atoms with E-state index in [9.17, 15) is 4.39 Å². The Bertz CT molecular complexity index is 462. The van der Waals surface area contributed by atoms with Gasteiger partial charge in [-0.25, -0.2) is 4.39 Å². The molecule has 0 amide bonds. The molecule has 2 atom stereocenters. The molecule has 2 N–H and O–H groups in total. The molecule has 112 valence electrons. The van der Waals surface area contributed by atoms with Gasteiger partial charge in [0, 0.05) is 30.2 Å². The van der Waals surface area contributed by atoms with Gasteiger partial charge in [-0.3, -0.25) is 0 Å². The fourth-order valence-electron chi connectivity index (χ4n) is 2.82. The van der Waals surface area contributed by atoms with Crippen molar-refractivity contribution in [2.75, 3.05) is 6.61 Å². The fourth-order valence-corrected chi connectivity index (χ4v) is 2.82. The van der Waals surface area contributed by atoms with E-state index >= 15 is 0 Å². The van der Waals surface area contributed by atoms with Crippen molar-refractivity contribution < 1.29 is 14.2 Å². The van der Waals surface area contributed by atoms with Crippen LogP contribution in [0.1, 0.15) is 38.3 Å². The first-order valence-corrected chi connectivity index (χ1v) is 7.22. The van der Waals surface area contributed by atoms with Gasteiger partial charge in [-0.15, -0.1) is 0 Å². The van der Waals surface area contributed by atoms with E-state index in [4.69, 9.17) is 9.84 Å². The second-order valence-corrected chi connectivity index (χ2v) is 6.02. The molecule has 1 aromatic carbocycles. The largest absolute Gasteiger partial charge is 0.392 e. The SMILES string of the molecule is CCOC1CC(NCc2ccc(F)c(CO)c2)C1(C)C. The first-order chi connectivity index (χ1) is 9.48. The number of rotatable bonds is 6. The van der Waals surface area contributed by atoms with E-state index in [0.29, 0.717) is 24.3 Å². The third kappa shape index (κ3) is 3.03. The predicted octanol–water partition coefficient (Wildman–Crippen LogP) is 2.61. The van der Waals surface area contributed by atoms with E-state index in [0.717, 1.165) is 18.6 Å². The molecule has 2 rings (SSSR count). The van der Waals surface area contributed by atoms with Crippen molar-refractivity contribution in [3.05, 3.63) is 35.1 Å². The number of aliphatic hydroxyl groups is 1. The molecule has 0 aliphatic heterocycles. The Hall–Kier alpha value is -0.970. The molecule has 0 radical (unpaired) electrons. The number of halogens is 1. The van der Waals surface area contributed by atoms with E-state index < -0.39 is 0 Å². The molecule has 1 aliphatic carbocycles. The summed E-state index contributed by atoms with van der Waals surface area (Å²) < 4.78 is 19.0. The van der Waals surface area contributed by atoms with E-state index in [-0.39, 0.29) is 17.8 Å². The Morgan fingerprint density at radius 1 is 1.45 bits per heavy atom. The Kier molecular flexibility index (Phi) is 4.78. The highest BCUT2D eigenvalue weighted by atomic mass is 19.1. The number of aliphatic hydroxyl groups excluding tert-OH is 1. The smallest absolute Gasteiger partial charge is 0.128 e. The lowest BCUT2D eigenvalue weighted by molar-refractivity contribution is -0.114. The van der Waals surface area contributed by atoms with Crippen molar-refractivity contribution in [1.29, 1.82) is 0 Å². The summed E-state index contributed by atoms with van der Waals surface area (Å²) in [6.45, 7) is 7.60. The molecule has 1 saturated carbocycles. The zero-order valence-electron chi connectivity index (χ0n) is 12.4. The number of benzene rings is 1. The van der Waals surface area contributed by atoms with Crippen LogP contribution < -0.4 is 5.32 Å². The van der Waals surface area contributed by atoms with Crippen LogP contribution in [0, 0.1) is 11.2 Å². The molecule has 1 aromatic rings. The van der Waals surface area contributed by atoms with Crippen molar-refractivity contribution in [3.8, 4) is 0 Å². The first kappa shape index (κ1) is 15.4. The maximum Gasteiger partial charge on any atom is 0.128 e. The summed E-state index contributed by atoms with van der Waals surface area (Å²) in [6.07, 6.45) is 1.32. The van der Waals surface area contributed by atoms with Gasteiger partial charge in [-0.05, 0) is 31.0 Å². The standard InChI is InChI=1S/C16H24FNO2/c1-4-20-15-8-14(16(15,2)3)18-9-11-5-6-13(17)12(7-11)10-19/h5-7,14-15,18-19H,4,8-10H2,1-3H3. The Balaban J connectivity index is 1.90. The number of hydrogen-bond donors (Lipinski definition) is 2. The average Bonchev–Trinajstić information content (AvgIpc) is 2.43. The van der Waals surface area contributed by atoms with Crippen LogP contribution in [0.3, 0.4) is 0 Å². The third-order valence-corrected chi connectivity index (χ3v) is 4.38. The minimum Gasteiger partial charge on any atom is -0.392 e. The molecular weight excluding hydrogens is 257 g/mol. The second-order valence-electron chi connectivity index (χ2n) is 6.02. The van der Waals surface area contributed by atoms with Gasteiger partial charge < -0.3 is 15.2 Å². The molecule has 3 nitrogen and oxygen atoms in total. The Morgan fingerprint density at radius 2 is 2.20 bits per heavy atom. The number of ether oxygens (including phenoxy) is 1. The average molecular weight is 281 g/mol. The van der Waals surface area contributed by atoms with Crippen LogP contribution in [0.25, 0.3) is 0 Å². The van der Waals surface area contributed by atoms with Crippen LogP contribution in [-0.2, 0) is 17.9 Å². The zero-order valence-corrected chi connectivity index (χ0v) is 12.4. The molecule has 0 spiro atoms. The Morgan fingerprint density at radius 3 is 2.80 bits per heavy atom. The predicted molar refractivity (Wildman–Crippen MR) is 76.8 cm³/mol. The summed E-state index contributed by atoms with van der Waals surface area (Å²) >= 11 is 0. The lowest BCUT2D eigenvalue weighted by Crippen LogP contribution is -2.60. The fraction of sp³-hybridized carbons (Fsp3) is 0.625. The van der Waals surface area contributed by atoms with Gasteiger partial charge in [0.2, 0.25) is 0 Å². The van der Waals surface area contributed by atoms with Gasteiger partial charge in [0.1, 0.15) is 5.82 Å². The third-order valence-electron chi connectivity index (χ3n) is 4.38. The minimum absolute atomic E-state index is 0.121. The number of hydrogen-bond acceptors (Lipinski definition) is 3. The zero-order chi connectivity index (χ0) is 14.8. The normalized spacial score (nSPS) is 24.4. The van der Waals surface area contributed by atoms with Crippen molar-refractivity contribution >= 4 is 0 Å². The van der Waals surface area contributed by atoms with Crippen molar-refractivity contribution in [2.45, 2.75) is 52.5 Å². The molecule has 0 aromatic heterocycles. The monoisotopic (exact) mass is 281 g/mol. The molecule has 0 bridgehead atoms. The summed E-state index contributed by atoms with van der Waals surface area (Å²) in [5, 5.41) is 12.6. The molecule has 1 fully saturated rings. The van der Waals surface area contributed by atoms with Crippen LogP contribution >= 0.6 is 0 Å². The Labute approximate surface area is 120 Å². The summed E-state index contributed by atoms with van der Waals surface area (Å²) in [7, 11) is 0. The summed E-state index contributed by atoms with van der Waals surface area (Å²) in [4.78, 5) is 0. The molecular formula is C16H24FNO2. The van der Waals surface area contributed by atoms with Crippen LogP contribution in [0.4, 0.5) is 4.39 Å². The summed E-state index contributed by atoms with van der Waals surface area (Å²) in [6, 6.07) is 5.29. The highest BCUT2D eigenvalue weighted by Gasteiger charge is 2.48. The van der Waals surface area contributed by atoms with Gasteiger partial charge in [0.25, 0.3) is 0 Å². The van der Waals surface area contributed by atoms with E-state index in [1.165, 1.54) is 6.07 Å². The number of nitrogens with one attached hydrogen (secondary N) is 1. The van der Waals surface area contributed by atoms with E-state index in [1.807, 2.05) is 6.92 Å². The van der Waals surface area contributed by atoms with Gasteiger partial charge in [0.15, 0.2) is 0 Å². The van der Waals surface area contributed by atoms with Crippen molar-refractivity contribution in [3.63, 3.8) is 0 Å². The van der Waals surface area contributed by atoms with Crippen LogP contribution in [0.5, 0.6) is 0 Å². The molecule has 0 heterocycles. The van der Waals surface area contributed by atoms with Crippen molar-refractivity contribution in [1.82, 2.24) is 5.32 Å². The first-order valence-electron chi connectivity index (χ1n) is 7.22. The van der Waals surface area contributed by atoms with Gasteiger partial charge in [-0.1, -0.05) is 19.9 Å². The minimum atomic E-state index is -0.350.